The van der Waals surface area contributed by atoms with Crippen molar-refractivity contribution >= 4 is 11.8 Å². The smallest absolute Gasteiger partial charge is 0.416 e. The van der Waals surface area contributed by atoms with E-state index in [9.17, 15) is 22.8 Å². The molecule has 0 saturated heterocycles. The molecule has 0 saturated carbocycles. The molecular weight excluding hydrogens is 421 g/mol. The molecular formula is C24H21F3N2O3. The molecule has 0 aliphatic heterocycles. The highest BCUT2D eigenvalue weighted by atomic mass is 19.4. The average molecular weight is 442 g/mol. The van der Waals surface area contributed by atoms with Crippen molar-refractivity contribution in [1.82, 2.24) is 4.90 Å². The molecule has 5 nitrogen and oxygen atoms in total. The van der Waals surface area contributed by atoms with Crippen LogP contribution in [0.5, 0.6) is 5.75 Å². The molecule has 0 spiro atoms. The Morgan fingerprint density at radius 1 is 0.969 bits per heavy atom. The summed E-state index contributed by atoms with van der Waals surface area (Å²) in [5.74, 6) is -1.03. The van der Waals surface area contributed by atoms with E-state index in [4.69, 9.17) is 10.5 Å². The van der Waals surface area contributed by atoms with Gasteiger partial charge in [-0.15, -0.1) is 0 Å². The average Bonchev–Trinajstić information content (AvgIpc) is 2.78. The Labute approximate surface area is 183 Å². The Bertz CT molecular complexity index is 1100. The molecule has 2 N–H and O–H groups in total. The second kappa shape index (κ2) is 9.55. The summed E-state index contributed by atoms with van der Waals surface area (Å²) in [6, 6.07) is 18.1. The maximum absolute atomic E-state index is 13.4. The Morgan fingerprint density at radius 3 is 2.28 bits per heavy atom. The van der Waals surface area contributed by atoms with E-state index in [1.807, 2.05) is 0 Å². The number of nitrogens with zero attached hydrogens (tertiary/aromatic N) is 1. The van der Waals surface area contributed by atoms with E-state index >= 15 is 0 Å². The van der Waals surface area contributed by atoms with Crippen molar-refractivity contribution in [2.24, 2.45) is 5.73 Å². The summed E-state index contributed by atoms with van der Waals surface area (Å²) >= 11 is 0. The fraction of sp³-hybridized carbons (Fsp3) is 0.167. The number of halogens is 3. The summed E-state index contributed by atoms with van der Waals surface area (Å²) in [6.07, 6.45) is -4.61. The number of amides is 2. The van der Waals surface area contributed by atoms with Crippen LogP contribution in [0.15, 0.2) is 78.9 Å². The van der Waals surface area contributed by atoms with Gasteiger partial charge in [0, 0.05) is 12.1 Å². The highest BCUT2D eigenvalue weighted by Gasteiger charge is 2.34. The molecule has 1 atom stereocenters. The van der Waals surface area contributed by atoms with Gasteiger partial charge in [0.2, 0.25) is 5.91 Å². The number of carbonyl (C=O) groups excluding carboxylic acids is 2. The van der Waals surface area contributed by atoms with Gasteiger partial charge in [0.25, 0.3) is 5.91 Å². The first-order valence-electron chi connectivity index (χ1n) is 9.66. The molecule has 8 heteroatoms. The first-order chi connectivity index (χ1) is 15.2. The van der Waals surface area contributed by atoms with Crippen molar-refractivity contribution < 1.29 is 27.5 Å². The molecule has 3 aromatic carbocycles. The van der Waals surface area contributed by atoms with Gasteiger partial charge < -0.3 is 15.4 Å². The number of primary amides is 1. The summed E-state index contributed by atoms with van der Waals surface area (Å²) in [4.78, 5) is 27.0. The number of hydrogen-bond donors (Lipinski definition) is 1. The van der Waals surface area contributed by atoms with Crippen molar-refractivity contribution in [1.29, 1.82) is 0 Å². The van der Waals surface area contributed by atoms with E-state index in [1.165, 1.54) is 18.1 Å². The maximum Gasteiger partial charge on any atom is 0.416 e. The number of carbonyl (C=O) groups is 2. The molecule has 3 aromatic rings. The summed E-state index contributed by atoms with van der Waals surface area (Å²) in [7, 11) is 1.49. The maximum atomic E-state index is 13.4. The molecule has 0 fully saturated rings. The van der Waals surface area contributed by atoms with Gasteiger partial charge in [0.15, 0.2) is 0 Å². The molecule has 0 radical (unpaired) electrons. The lowest BCUT2D eigenvalue weighted by Crippen LogP contribution is -2.41. The SMILES string of the molecule is COc1cccc(CN(C(=O)c2cccc(C(F)(F)F)c2)[C@@H](C(N)=O)c2ccccc2)c1. The number of rotatable bonds is 7. The zero-order valence-electron chi connectivity index (χ0n) is 17.2. The number of ether oxygens (including phenoxy) is 1. The van der Waals surface area contributed by atoms with Crippen LogP contribution in [-0.2, 0) is 17.5 Å². The minimum atomic E-state index is -4.61. The molecule has 0 aliphatic carbocycles. The lowest BCUT2D eigenvalue weighted by Gasteiger charge is -2.30. The number of benzene rings is 3. The van der Waals surface area contributed by atoms with Crippen LogP contribution >= 0.6 is 0 Å². The van der Waals surface area contributed by atoms with Gasteiger partial charge in [0.05, 0.1) is 12.7 Å². The molecule has 3 rings (SSSR count). The Hall–Kier alpha value is -3.81. The molecule has 0 bridgehead atoms. The number of alkyl halides is 3. The van der Waals surface area contributed by atoms with Crippen molar-refractivity contribution in [3.8, 4) is 5.75 Å². The topological polar surface area (TPSA) is 72.6 Å². The summed E-state index contributed by atoms with van der Waals surface area (Å²) < 4.78 is 44.8. The fourth-order valence-electron chi connectivity index (χ4n) is 3.38. The van der Waals surface area contributed by atoms with E-state index in [-0.39, 0.29) is 12.1 Å². The summed E-state index contributed by atoms with van der Waals surface area (Å²) in [5.41, 5.74) is 5.56. The minimum Gasteiger partial charge on any atom is -0.497 e. The van der Waals surface area contributed by atoms with Gasteiger partial charge in [-0.25, -0.2) is 0 Å². The van der Waals surface area contributed by atoms with E-state index in [0.717, 1.165) is 18.2 Å². The highest BCUT2D eigenvalue weighted by molar-refractivity contribution is 5.97. The van der Waals surface area contributed by atoms with E-state index in [2.05, 4.69) is 0 Å². The zero-order chi connectivity index (χ0) is 23.3. The summed E-state index contributed by atoms with van der Waals surface area (Å²) in [6.45, 7) is -0.0746. The Morgan fingerprint density at radius 2 is 1.66 bits per heavy atom. The molecule has 32 heavy (non-hydrogen) atoms. The highest BCUT2D eigenvalue weighted by Crippen LogP contribution is 2.31. The molecule has 0 heterocycles. The van der Waals surface area contributed by atoms with Gasteiger partial charge in [-0.2, -0.15) is 13.2 Å². The van der Waals surface area contributed by atoms with Crippen molar-refractivity contribution in [3.63, 3.8) is 0 Å². The molecule has 0 aliphatic rings. The quantitative estimate of drug-likeness (QED) is 0.582. The zero-order valence-corrected chi connectivity index (χ0v) is 17.2. The van der Waals surface area contributed by atoms with Crippen LogP contribution in [0.25, 0.3) is 0 Å². The van der Waals surface area contributed by atoms with Crippen LogP contribution in [0, 0.1) is 0 Å². The van der Waals surface area contributed by atoms with E-state index in [0.29, 0.717) is 16.9 Å². The van der Waals surface area contributed by atoms with Crippen LogP contribution < -0.4 is 10.5 Å². The van der Waals surface area contributed by atoms with E-state index in [1.54, 1.807) is 54.6 Å². The molecule has 2 amide bonds. The molecule has 0 aromatic heterocycles. The second-order valence-corrected chi connectivity index (χ2v) is 7.08. The number of methoxy groups -OCH3 is 1. The third-order valence-corrected chi connectivity index (χ3v) is 4.88. The molecule has 166 valence electrons. The van der Waals surface area contributed by atoms with Gasteiger partial charge in [-0.05, 0) is 41.5 Å². The predicted octanol–water partition coefficient (Wildman–Crippen LogP) is 4.58. The first-order valence-corrected chi connectivity index (χ1v) is 9.66. The van der Waals surface area contributed by atoms with Crippen molar-refractivity contribution in [2.45, 2.75) is 18.8 Å². The van der Waals surface area contributed by atoms with Gasteiger partial charge in [-0.1, -0.05) is 48.5 Å². The Balaban J connectivity index is 2.09. The van der Waals surface area contributed by atoms with Crippen LogP contribution in [0.1, 0.15) is 33.1 Å². The van der Waals surface area contributed by atoms with Crippen LogP contribution in [0.3, 0.4) is 0 Å². The fourth-order valence-corrected chi connectivity index (χ4v) is 3.38. The van der Waals surface area contributed by atoms with Gasteiger partial charge in [0.1, 0.15) is 11.8 Å². The number of hydrogen-bond acceptors (Lipinski definition) is 3. The standard InChI is InChI=1S/C24H21F3N2O3/c1-32-20-12-5-7-16(13-20)15-29(21(22(28)30)17-8-3-2-4-9-17)23(31)18-10-6-11-19(14-18)24(25,26)27/h2-14,21H,15H2,1H3,(H2,28,30)/t21-/m1/s1. The largest absolute Gasteiger partial charge is 0.497 e. The summed E-state index contributed by atoms with van der Waals surface area (Å²) in [5, 5.41) is 0. The van der Waals surface area contributed by atoms with E-state index < -0.39 is 29.6 Å². The predicted molar refractivity (Wildman–Crippen MR) is 113 cm³/mol. The van der Waals surface area contributed by atoms with Crippen LogP contribution in [0.2, 0.25) is 0 Å². The number of nitrogens with two attached hydrogens (primary N) is 1. The van der Waals surface area contributed by atoms with Crippen molar-refractivity contribution in [3.05, 3.63) is 101 Å². The van der Waals surface area contributed by atoms with Crippen molar-refractivity contribution in [2.75, 3.05) is 7.11 Å². The van der Waals surface area contributed by atoms with Crippen LogP contribution in [-0.4, -0.2) is 23.8 Å². The first kappa shape index (κ1) is 22.9. The lowest BCUT2D eigenvalue weighted by atomic mass is 10.0. The monoisotopic (exact) mass is 442 g/mol. The van der Waals surface area contributed by atoms with Crippen LogP contribution in [0.4, 0.5) is 13.2 Å². The van der Waals surface area contributed by atoms with Gasteiger partial charge in [-0.3, -0.25) is 9.59 Å². The third-order valence-electron chi connectivity index (χ3n) is 4.88. The van der Waals surface area contributed by atoms with Gasteiger partial charge >= 0.3 is 6.18 Å². The second-order valence-electron chi connectivity index (χ2n) is 7.08. The third kappa shape index (κ3) is 5.26. The normalized spacial score (nSPS) is 12.1. The Kier molecular flexibility index (Phi) is 6.82. The minimum absolute atomic E-state index is 0.0746. The lowest BCUT2D eigenvalue weighted by molar-refractivity contribution is -0.137. The molecule has 0 unspecified atom stereocenters.